The normalized spacial score (nSPS) is 12.4. The van der Waals surface area contributed by atoms with Crippen molar-refractivity contribution in [2.24, 2.45) is 12.8 Å². The first-order valence-corrected chi connectivity index (χ1v) is 9.06. The van der Waals surface area contributed by atoms with Gasteiger partial charge in [-0.15, -0.1) is 0 Å². The third-order valence-corrected chi connectivity index (χ3v) is 5.06. The van der Waals surface area contributed by atoms with Crippen molar-refractivity contribution >= 4 is 45.4 Å². The van der Waals surface area contributed by atoms with E-state index in [0.717, 1.165) is 16.5 Å². The van der Waals surface area contributed by atoms with E-state index in [-0.39, 0.29) is 17.8 Å². The number of nitrogens with zero attached hydrogens (tertiary/aromatic N) is 2. The molecule has 0 fully saturated rings. The lowest BCUT2D eigenvalue weighted by Crippen LogP contribution is -2.28. The van der Waals surface area contributed by atoms with Crippen LogP contribution in [0.5, 0.6) is 0 Å². The number of fused-ring (bicyclic) bond motifs is 2. The number of benzene rings is 2. The first kappa shape index (κ1) is 18.1. The predicted molar refractivity (Wildman–Crippen MR) is 108 cm³/mol. The van der Waals surface area contributed by atoms with Gasteiger partial charge in [-0.2, -0.15) is 0 Å². The van der Waals surface area contributed by atoms with Crippen LogP contribution in [0.3, 0.4) is 0 Å². The molecule has 4 N–H and O–H groups in total. The number of carbonyl (C=O) groups excluding carboxylic acids is 2. The van der Waals surface area contributed by atoms with Crippen LogP contribution < -0.4 is 11.1 Å². The largest absolute Gasteiger partial charge is 0.363 e. The maximum absolute atomic E-state index is 12.8. The Morgan fingerprint density at radius 3 is 2.75 bits per heavy atom. The van der Waals surface area contributed by atoms with Crippen molar-refractivity contribution in [3.63, 3.8) is 0 Å². The minimum absolute atomic E-state index is 0.109. The number of imidazole rings is 1. The number of hydrogen-bond acceptors (Lipinski definition) is 3. The van der Waals surface area contributed by atoms with Crippen molar-refractivity contribution in [2.75, 3.05) is 0 Å². The molecule has 2 heterocycles. The molecule has 2 aromatic carbocycles. The predicted octanol–water partition coefficient (Wildman–Crippen LogP) is 3.30. The molecule has 7 nitrogen and oxygen atoms in total. The number of nitrogens with one attached hydrogen (secondary N) is 2. The second-order valence-electron chi connectivity index (χ2n) is 6.71. The molecule has 0 radical (unpaired) electrons. The van der Waals surface area contributed by atoms with Crippen LogP contribution in [0.2, 0.25) is 5.02 Å². The first-order chi connectivity index (χ1) is 13.3. The van der Waals surface area contributed by atoms with Gasteiger partial charge in [0.1, 0.15) is 5.69 Å². The molecule has 2 aromatic heterocycles. The zero-order chi connectivity index (χ0) is 20.0. The molecule has 0 aliphatic heterocycles. The summed E-state index contributed by atoms with van der Waals surface area (Å²) >= 11 is 6.06. The van der Waals surface area contributed by atoms with E-state index in [9.17, 15) is 9.59 Å². The van der Waals surface area contributed by atoms with E-state index in [1.54, 1.807) is 12.1 Å². The van der Waals surface area contributed by atoms with Crippen LogP contribution >= 0.6 is 11.6 Å². The van der Waals surface area contributed by atoms with Gasteiger partial charge in [0.25, 0.3) is 11.8 Å². The minimum Gasteiger partial charge on any atom is -0.363 e. The van der Waals surface area contributed by atoms with Crippen LogP contribution in [0.25, 0.3) is 21.9 Å². The Bertz CT molecular complexity index is 1240. The summed E-state index contributed by atoms with van der Waals surface area (Å²) in [5.74, 6) is -0.696. The highest BCUT2D eigenvalue weighted by atomic mass is 35.5. The average Bonchev–Trinajstić information content (AvgIpc) is 3.23. The molecule has 4 aromatic rings. The van der Waals surface area contributed by atoms with Gasteiger partial charge in [0.2, 0.25) is 0 Å². The van der Waals surface area contributed by atoms with Gasteiger partial charge in [0, 0.05) is 23.0 Å². The van der Waals surface area contributed by atoms with E-state index >= 15 is 0 Å². The van der Waals surface area contributed by atoms with Crippen molar-refractivity contribution in [1.82, 2.24) is 19.9 Å². The monoisotopic (exact) mass is 395 g/mol. The molecule has 4 rings (SSSR count). The van der Waals surface area contributed by atoms with Crippen molar-refractivity contribution < 1.29 is 9.59 Å². The third-order valence-electron chi connectivity index (χ3n) is 4.83. The van der Waals surface area contributed by atoms with Crippen LogP contribution in [0.1, 0.15) is 39.6 Å². The number of amides is 2. The van der Waals surface area contributed by atoms with Gasteiger partial charge in [-0.05, 0) is 42.8 Å². The Morgan fingerprint density at radius 1 is 1.21 bits per heavy atom. The molecule has 0 saturated carbocycles. The smallest absolute Gasteiger partial charge is 0.284 e. The number of aromatic amines is 1. The summed E-state index contributed by atoms with van der Waals surface area (Å²) in [6.07, 6.45) is 0. The van der Waals surface area contributed by atoms with Crippen LogP contribution in [-0.4, -0.2) is 26.3 Å². The number of primary amides is 1. The molecule has 8 heteroatoms. The van der Waals surface area contributed by atoms with Crippen molar-refractivity contribution in [2.45, 2.75) is 13.0 Å². The van der Waals surface area contributed by atoms with Gasteiger partial charge in [-0.3, -0.25) is 9.59 Å². The summed E-state index contributed by atoms with van der Waals surface area (Å²) in [5.41, 5.74) is 8.90. The number of aryl methyl sites for hydroxylation is 1. The number of nitrogens with two attached hydrogens (primary N) is 1. The van der Waals surface area contributed by atoms with Crippen LogP contribution in [-0.2, 0) is 7.05 Å². The maximum atomic E-state index is 12.8. The minimum atomic E-state index is -0.616. The molecule has 0 spiro atoms. The number of H-pyrrole nitrogens is 1. The fraction of sp³-hybridized carbons (Fsp3) is 0.150. The summed E-state index contributed by atoms with van der Waals surface area (Å²) in [4.78, 5) is 31.1. The Balaban J connectivity index is 1.60. The number of hydrogen-bond donors (Lipinski definition) is 3. The third kappa shape index (κ3) is 3.10. The van der Waals surface area contributed by atoms with E-state index in [0.29, 0.717) is 21.7 Å². The highest BCUT2D eigenvalue weighted by molar-refractivity contribution is 6.31. The number of halogens is 1. The Hall–Kier alpha value is -3.32. The van der Waals surface area contributed by atoms with Gasteiger partial charge < -0.3 is 20.6 Å². The van der Waals surface area contributed by atoms with E-state index in [1.807, 2.05) is 48.9 Å². The Kier molecular flexibility index (Phi) is 4.31. The summed E-state index contributed by atoms with van der Waals surface area (Å²) in [6.45, 7) is 1.89. The van der Waals surface area contributed by atoms with Gasteiger partial charge >= 0.3 is 0 Å². The molecule has 0 bridgehead atoms. The quantitative estimate of drug-likeness (QED) is 0.493. The molecule has 1 atom stereocenters. The fourth-order valence-corrected chi connectivity index (χ4v) is 3.45. The lowest BCUT2D eigenvalue weighted by atomic mass is 10.1. The van der Waals surface area contributed by atoms with Crippen molar-refractivity contribution in [3.8, 4) is 0 Å². The van der Waals surface area contributed by atoms with Crippen molar-refractivity contribution in [3.05, 3.63) is 64.6 Å². The number of aromatic nitrogens is 3. The van der Waals surface area contributed by atoms with Crippen molar-refractivity contribution in [1.29, 1.82) is 0 Å². The highest BCUT2D eigenvalue weighted by Gasteiger charge is 2.17. The summed E-state index contributed by atoms with van der Waals surface area (Å²) in [5, 5.41) is 4.57. The second kappa shape index (κ2) is 6.69. The van der Waals surface area contributed by atoms with Gasteiger partial charge in [0.05, 0.1) is 17.1 Å². The van der Waals surface area contributed by atoms with E-state index < -0.39 is 5.91 Å². The Labute approximate surface area is 165 Å². The molecular formula is C20H18ClN5O2. The van der Waals surface area contributed by atoms with Crippen LogP contribution in [0.15, 0.2) is 42.5 Å². The maximum Gasteiger partial charge on any atom is 0.284 e. The van der Waals surface area contributed by atoms with Gasteiger partial charge in [-0.1, -0.05) is 23.7 Å². The second-order valence-corrected chi connectivity index (χ2v) is 7.15. The standard InChI is InChI=1S/C20H18ClN5O2/c1-10(11-4-6-14-15(7-11)25-19(24-14)18(22)27)23-20(28)17-8-12-3-5-13(21)9-16(12)26(17)2/h3-10H,1-2H3,(H2,22,27)(H,23,28)(H,24,25)/t10-/m1/s1. The lowest BCUT2D eigenvalue weighted by molar-refractivity contribution is 0.0931. The van der Waals surface area contributed by atoms with Gasteiger partial charge in [0.15, 0.2) is 5.82 Å². The number of carbonyl (C=O) groups is 2. The molecule has 0 saturated heterocycles. The molecule has 142 valence electrons. The molecular weight excluding hydrogens is 378 g/mol. The first-order valence-electron chi connectivity index (χ1n) is 8.69. The number of rotatable bonds is 4. The SMILES string of the molecule is C[C@@H](NC(=O)c1cc2ccc(Cl)cc2n1C)c1ccc2nc(C(N)=O)[nH]c2c1. The zero-order valence-corrected chi connectivity index (χ0v) is 16.0. The van der Waals surface area contributed by atoms with Crippen LogP contribution in [0, 0.1) is 0 Å². The molecule has 0 aliphatic carbocycles. The molecule has 2 amide bonds. The summed E-state index contributed by atoms with van der Waals surface area (Å²) in [6, 6.07) is 12.6. The summed E-state index contributed by atoms with van der Waals surface area (Å²) in [7, 11) is 1.83. The average molecular weight is 396 g/mol. The summed E-state index contributed by atoms with van der Waals surface area (Å²) < 4.78 is 1.82. The van der Waals surface area contributed by atoms with E-state index in [1.165, 1.54) is 0 Å². The highest BCUT2D eigenvalue weighted by Crippen LogP contribution is 2.24. The van der Waals surface area contributed by atoms with E-state index in [2.05, 4.69) is 15.3 Å². The fourth-order valence-electron chi connectivity index (χ4n) is 3.29. The molecule has 0 unspecified atom stereocenters. The zero-order valence-electron chi connectivity index (χ0n) is 15.3. The lowest BCUT2D eigenvalue weighted by Gasteiger charge is -2.15. The topological polar surface area (TPSA) is 106 Å². The molecule has 0 aliphatic rings. The molecule has 28 heavy (non-hydrogen) atoms. The van der Waals surface area contributed by atoms with Gasteiger partial charge in [-0.25, -0.2) is 4.98 Å². The van der Waals surface area contributed by atoms with E-state index in [4.69, 9.17) is 17.3 Å². The van der Waals surface area contributed by atoms with Crippen LogP contribution in [0.4, 0.5) is 0 Å². The Morgan fingerprint density at radius 2 is 2.00 bits per heavy atom.